The van der Waals surface area contributed by atoms with E-state index in [0.29, 0.717) is 0 Å². The number of rotatable bonds is 4. The standard InChI is InChI=1S/C23H30/c1-9-11-18(10-2)17(4)19-15-21-20(14-16(19)3)22(5,6)12-13-23(21,7)8/h9-11,14-15H,1-2,4,12-13H2,3,5-8H3/b18-11+. The second kappa shape index (κ2) is 6.00. The van der Waals surface area contributed by atoms with E-state index in [2.05, 4.69) is 66.5 Å². The predicted molar refractivity (Wildman–Crippen MR) is 104 cm³/mol. The average Bonchev–Trinajstić information content (AvgIpc) is 2.48. The summed E-state index contributed by atoms with van der Waals surface area (Å²) in [5, 5.41) is 0. The van der Waals surface area contributed by atoms with Crippen LogP contribution in [0.3, 0.4) is 0 Å². The summed E-state index contributed by atoms with van der Waals surface area (Å²) in [6.07, 6.45) is 8.09. The first-order valence-electron chi connectivity index (χ1n) is 8.44. The highest BCUT2D eigenvalue weighted by Gasteiger charge is 2.37. The van der Waals surface area contributed by atoms with Gasteiger partial charge in [-0.15, -0.1) is 0 Å². The van der Waals surface area contributed by atoms with Crippen molar-refractivity contribution in [2.45, 2.75) is 58.3 Å². The summed E-state index contributed by atoms with van der Waals surface area (Å²) in [4.78, 5) is 0. The number of fused-ring (bicyclic) bond motifs is 1. The summed E-state index contributed by atoms with van der Waals surface area (Å²) >= 11 is 0. The maximum Gasteiger partial charge on any atom is -0.0100 e. The SMILES string of the molecule is C=C/C=C(\C=C)C(=C)c1cc2c(cc1C)C(C)(C)CCC2(C)C. The van der Waals surface area contributed by atoms with Crippen molar-refractivity contribution in [3.05, 3.63) is 77.9 Å². The smallest absolute Gasteiger partial charge is 0.0100 e. The first kappa shape index (κ1) is 17.5. The number of hydrogen-bond acceptors (Lipinski definition) is 0. The highest BCUT2D eigenvalue weighted by molar-refractivity contribution is 5.82. The zero-order chi connectivity index (χ0) is 17.4. The summed E-state index contributed by atoms with van der Waals surface area (Å²) in [5.41, 5.74) is 8.00. The predicted octanol–water partition coefficient (Wildman–Crippen LogP) is 6.66. The van der Waals surface area contributed by atoms with Gasteiger partial charge in [0.15, 0.2) is 0 Å². The molecule has 2 rings (SSSR count). The number of aryl methyl sites for hydroxylation is 1. The van der Waals surface area contributed by atoms with E-state index in [-0.39, 0.29) is 10.8 Å². The lowest BCUT2D eigenvalue weighted by atomic mass is 9.62. The van der Waals surface area contributed by atoms with Gasteiger partial charge in [0.1, 0.15) is 0 Å². The fourth-order valence-electron chi connectivity index (χ4n) is 3.62. The molecule has 1 aromatic rings. The number of benzene rings is 1. The van der Waals surface area contributed by atoms with Crippen LogP contribution in [0, 0.1) is 6.92 Å². The third-order valence-electron chi connectivity index (χ3n) is 5.39. The summed E-state index contributed by atoms with van der Waals surface area (Å²) in [5.74, 6) is 0. The van der Waals surface area contributed by atoms with Crippen molar-refractivity contribution < 1.29 is 0 Å². The lowest BCUT2D eigenvalue weighted by Crippen LogP contribution is -2.34. The quantitative estimate of drug-likeness (QED) is 0.546. The van der Waals surface area contributed by atoms with E-state index in [1.807, 2.05) is 12.2 Å². The van der Waals surface area contributed by atoms with Crippen LogP contribution in [0.25, 0.3) is 5.57 Å². The molecule has 1 aliphatic carbocycles. The van der Waals surface area contributed by atoms with Gasteiger partial charge in [0.2, 0.25) is 0 Å². The molecule has 0 saturated carbocycles. The van der Waals surface area contributed by atoms with E-state index in [4.69, 9.17) is 0 Å². The van der Waals surface area contributed by atoms with Crippen molar-refractivity contribution in [1.82, 2.24) is 0 Å². The third kappa shape index (κ3) is 3.13. The van der Waals surface area contributed by atoms with Crippen LogP contribution in [0.2, 0.25) is 0 Å². The van der Waals surface area contributed by atoms with Gasteiger partial charge < -0.3 is 0 Å². The van der Waals surface area contributed by atoms with Crippen LogP contribution in [0.1, 0.15) is 62.8 Å². The van der Waals surface area contributed by atoms with Crippen molar-refractivity contribution in [1.29, 1.82) is 0 Å². The molecular formula is C23H30. The molecule has 0 atom stereocenters. The van der Waals surface area contributed by atoms with Gasteiger partial charge in [-0.2, -0.15) is 0 Å². The Morgan fingerprint density at radius 1 is 1.00 bits per heavy atom. The first-order chi connectivity index (χ1) is 10.6. The van der Waals surface area contributed by atoms with E-state index in [0.717, 1.165) is 11.1 Å². The van der Waals surface area contributed by atoms with Crippen LogP contribution in [-0.2, 0) is 10.8 Å². The van der Waals surface area contributed by atoms with Gasteiger partial charge in [0, 0.05) is 0 Å². The molecule has 122 valence electrons. The van der Waals surface area contributed by atoms with Crippen LogP contribution < -0.4 is 0 Å². The number of allylic oxidation sites excluding steroid dienone is 5. The van der Waals surface area contributed by atoms with Crippen molar-refractivity contribution in [3.8, 4) is 0 Å². The zero-order valence-electron chi connectivity index (χ0n) is 15.4. The van der Waals surface area contributed by atoms with Crippen LogP contribution in [0.5, 0.6) is 0 Å². The van der Waals surface area contributed by atoms with Gasteiger partial charge in [0.05, 0.1) is 0 Å². The van der Waals surface area contributed by atoms with Crippen LogP contribution in [-0.4, -0.2) is 0 Å². The van der Waals surface area contributed by atoms with E-state index in [9.17, 15) is 0 Å². The molecule has 0 heterocycles. The molecule has 0 heteroatoms. The molecule has 0 amide bonds. The molecule has 23 heavy (non-hydrogen) atoms. The Labute approximate surface area is 142 Å². The Bertz CT molecular complexity index is 693. The zero-order valence-corrected chi connectivity index (χ0v) is 15.4. The van der Waals surface area contributed by atoms with Crippen molar-refractivity contribution in [3.63, 3.8) is 0 Å². The molecule has 0 spiro atoms. The highest BCUT2D eigenvalue weighted by atomic mass is 14.4. The molecule has 1 aromatic carbocycles. The lowest BCUT2D eigenvalue weighted by Gasteiger charge is -2.42. The number of hydrogen-bond donors (Lipinski definition) is 0. The minimum absolute atomic E-state index is 0.212. The van der Waals surface area contributed by atoms with Gasteiger partial charge in [-0.25, -0.2) is 0 Å². The molecule has 0 fully saturated rings. The molecule has 0 aliphatic heterocycles. The molecule has 0 aromatic heterocycles. The van der Waals surface area contributed by atoms with E-state index in [1.165, 1.54) is 35.1 Å². The summed E-state index contributed by atoms with van der Waals surface area (Å²) < 4.78 is 0. The Hall–Kier alpha value is -1.82. The fraction of sp³-hybridized carbons (Fsp3) is 0.391. The average molecular weight is 306 g/mol. The van der Waals surface area contributed by atoms with Gasteiger partial charge in [0.25, 0.3) is 0 Å². The molecule has 1 aliphatic rings. The fourth-order valence-corrected chi connectivity index (χ4v) is 3.62. The third-order valence-corrected chi connectivity index (χ3v) is 5.39. The Kier molecular flexibility index (Phi) is 4.57. The van der Waals surface area contributed by atoms with Gasteiger partial charge in [-0.1, -0.05) is 77.8 Å². The molecule has 0 radical (unpaired) electrons. The Morgan fingerprint density at radius 2 is 1.52 bits per heavy atom. The van der Waals surface area contributed by atoms with Gasteiger partial charge in [-0.05, 0) is 64.0 Å². The maximum absolute atomic E-state index is 4.32. The summed E-state index contributed by atoms with van der Waals surface area (Å²) in [7, 11) is 0. The van der Waals surface area contributed by atoms with E-state index in [1.54, 1.807) is 6.08 Å². The summed E-state index contributed by atoms with van der Waals surface area (Å²) in [6, 6.07) is 4.75. The highest BCUT2D eigenvalue weighted by Crippen LogP contribution is 2.47. The van der Waals surface area contributed by atoms with Crippen LogP contribution in [0.15, 0.2) is 55.7 Å². The summed E-state index contributed by atoms with van der Waals surface area (Å²) in [6.45, 7) is 23.7. The molecule has 0 saturated heterocycles. The first-order valence-corrected chi connectivity index (χ1v) is 8.44. The normalized spacial score (nSPS) is 18.9. The minimum atomic E-state index is 0.212. The van der Waals surface area contributed by atoms with Crippen LogP contribution in [0.4, 0.5) is 0 Å². The molecule has 0 nitrogen and oxygen atoms in total. The van der Waals surface area contributed by atoms with Crippen molar-refractivity contribution in [2.24, 2.45) is 0 Å². The van der Waals surface area contributed by atoms with Crippen LogP contribution >= 0.6 is 0 Å². The molecule has 0 unspecified atom stereocenters. The largest absolute Gasteiger partial charge is 0.0990 e. The van der Waals surface area contributed by atoms with Gasteiger partial charge in [-0.3, -0.25) is 0 Å². The molecule has 0 bridgehead atoms. The topological polar surface area (TPSA) is 0 Å². The van der Waals surface area contributed by atoms with Crippen molar-refractivity contribution in [2.75, 3.05) is 0 Å². The van der Waals surface area contributed by atoms with Gasteiger partial charge >= 0.3 is 0 Å². The van der Waals surface area contributed by atoms with E-state index < -0.39 is 0 Å². The molecule has 0 N–H and O–H groups in total. The maximum atomic E-state index is 4.32. The Balaban J connectivity index is 2.66. The lowest BCUT2D eigenvalue weighted by molar-refractivity contribution is 0.331. The molecular weight excluding hydrogens is 276 g/mol. The van der Waals surface area contributed by atoms with Crippen molar-refractivity contribution >= 4 is 5.57 Å². The minimum Gasteiger partial charge on any atom is -0.0990 e. The second-order valence-electron chi connectivity index (χ2n) is 8.02. The Morgan fingerprint density at radius 3 is 2.00 bits per heavy atom. The monoisotopic (exact) mass is 306 g/mol. The second-order valence-corrected chi connectivity index (χ2v) is 8.02. The van der Waals surface area contributed by atoms with E-state index >= 15 is 0 Å².